The Bertz CT molecular complexity index is 227. The van der Waals surface area contributed by atoms with Crippen LogP contribution in [0.1, 0.15) is 47.0 Å². The third-order valence-electron chi connectivity index (χ3n) is 2.44. The molecule has 0 aliphatic rings. The summed E-state index contributed by atoms with van der Waals surface area (Å²) in [5.41, 5.74) is 0. The fourth-order valence-electron chi connectivity index (χ4n) is 1.47. The summed E-state index contributed by atoms with van der Waals surface area (Å²) in [6.45, 7) is 8.30. The predicted octanol–water partition coefficient (Wildman–Crippen LogP) is 1.55. The minimum Gasteiger partial charge on any atom is -0.355 e. The van der Waals surface area contributed by atoms with Gasteiger partial charge in [0.15, 0.2) is 0 Å². The summed E-state index contributed by atoms with van der Waals surface area (Å²) in [5.74, 6) is -0.126. The van der Waals surface area contributed by atoms with Crippen LogP contribution in [-0.4, -0.2) is 35.8 Å². The zero-order chi connectivity index (χ0) is 12.6. The van der Waals surface area contributed by atoms with Gasteiger partial charge in [-0.2, -0.15) is 0 Å². The number of hydrogen-bond donors (Lipinski definition) is 1. The van der Waals surface area contributed by atoms with Crippen molar-refractivity contribution >= 4 is 11.8 Å². The minimum atomic E-state index is -0.0694. The molecular formula is C12H24N2O2. The van der Waals surface area contributed by atoms with Crippen LogP contribution >= 0.6 is 0 Å². The van der Waals surface area contributed by atoms with Crippen LogP contribution in [0, 0.1) is 0 Å². The first-order chi connectivity index (χ1) is 7.49. The SMILES string of the molecule is CCCCCNC(=O)CN(C(C)=O)C(C)C. The summed E-state index contributed by atoms with van der Waals surface area (Å²) in [7, 11) is 0. The van der Waals surface area contributed by atoms with Crippen LogP contribution in [0.3, 0.4) is 0 Å². The van der Waals surface area contributed by atoms with Crippen LogP contribution in [0.25, 0.3) is 0 Å². The molecule has 4 heteroatoms. The lowest BCUT2D eigenvalue weighted by atomic mass is 10.2. The molecule has 16 heavy (non-hydrogen) atoms. The summed E-state index contributed by atoms with van der Waals surface area (Å²) < 4.78 is 0. The molecule has 0 saturated heterocycles. The minimum absolute atomic E-state index is 0.0568. The Morgan fingerprint density at radius 1 is 1.25 bits per heavy atom. The van der Waals surface area contributed by atoms with Crippen LogP contribution in [0.2, 0.25) is 0 Å². The molecule has 4 nitrogen and oxygen atoms in total. The van der Waals surface area contributed by atoms with E-state index in [1.807, 2.05) is 13.8 Å². The fourth-order valence-corrected chi connectivity index (χ4v) is 1.47. The van der Waals surface area contributed by atoms with Crippen LogP contribution < -0.4 is 5.32 Å². The first-order valence-electron chi connectivity index (χ1n) is 6.03. The van der Waals surface area contributed by atoms with Crippen molar-refractivity contribution in [1.29, 1.82) is 0 Å². The number of rotatable bonds is 7. The highest BCUT2D eigenvalue weighted by Gasteiger charge is 2.15. The Morgan fingerprint density at radius 3 is 2.31 bits per heavy atom. The lowest BCUT2D eigenvalue weighted by molar-refractivity contribution is -0.135. The number of nitrogens with one attached hydrogen (secondary N) is 1. The molecule has 0 bridgehead atoms. The van der Waals surface area contributed by atoms with Gasteiger partial charge in [-0.05, 0) is 20.3 Å². The van der Waals surface area contributed by atoms with Gasteiger partial charge in [-0.15, -0.1) is 0 Å². The second-order valence-electron chi connectivity index (χ2n) is 4.30. The van der Waals surface area contributed by atoms with E-state index in [-0.39, 0.29) is 24.4 Å². The summed E-state index contributed by atoms with van der Waals surface area (Å²) in [6.07, 6.45) is 3.27. The van der Waals surface area contributed by atoms with Crippen molar-refractivity contribution in [2.24, 2.45) is 0 Å². The molecule has 0 heterocycles. The zero-order valence-electron chi connectivity index (χ0n) is 10.9. The second kappa shape index (κ2) is 8.13. The number of amides is 2. The predicted molar refractivity (Wildman–Crippen MR) is 65.1 cm³/mol. The van der Waals surface area contributed by atoms with E-state index in [1.54, 1.807) is 4.90 Å². The van der Waals surface area contributed by atoms with Gasteiger partial charge in [0.2, 0.25) is 11.8 Å². The van der Waals surface area contributed by atoms with Gasteiger partial charge in [0.25, 0.3) is 0 Å². The van der Waals surface area contributed by atoms with Gasteiger partial charge in [0.1, 0.15) is 0 Å². The molecular weight excluding hydrogens is 204 g/mol. The lowest BCUT2D eigenvalue weighted by Crippen LogP contribution is -2.43. The van der Waals surface area contributed by atoms with E-state index in [1.165, 1.54) is 6.92 Å². The number of carbonyl (C=O) groups excluding carboxylic acids is 2. The molecule has 0 radical (unpaired) electrons. The standard InChI is InChI=1S/C12H24N2O2/c1-5-6-7-8-13-12(16)9-14(10(2)3)11(4)15/h10H,5-9H2,1-4H3,(H,13,16). The van der Waals surface area contributed by atoms with Gasteiger partial charge in [-0.3, -0.25) is 9.59 Å². The molecule has 0 aliphatic carbocycles. The van der Waals surface area contributed by atoms with Crippen molar-refractivity contribution in [2.45, 2.75) is 53.0 Å². The largest absolute Gasteiger partial charge is 0.355 e. The first-order valence-corrected chi connectivity index (χ1v) is 6.03. The van der Waals surface area contributed by atoms with E-state index >= 15 is 0 Å². The Labute approximate surface area is 98.4 Å². The van der Waals surface area contributed by atoms with Gasteiger partial charge in [0, 0.05) is 19.5 Å². The zero-order valence-corrected chi connectivity index (χ0v) is 10.9. The fraction of sp³-hybridized carbons (Fsp3) is 0.833. The van der Waals surface area contributed by atoms with Crippen molar-refractivity contribution in [2.75, 3.05) is 13.1 Å². The van der Waals surface area contributed by atoms with Crippen LogP contribution in [0.5, 0.6) is 0 Å². The van der Waals surface area contributed by atoms with Crippen LogP contribution in [0.4, 0.5) is 0 Å². The van der Waals surface area contributed by atoms with E-state index in [0.29, 0.717) is 6.54 Å². The number of nitrogens with zero attached hydrogens (tertiary/aromatic N) is 1. The average Bonchev–Trinajstić information content (AvgIpc) is 2.20. The molecule has 0 rings (SSSR count). The van der Waals surface area contributed by atoms with E-state index in [0.717, 1.165) is 19.3 Å². The number of unbranched alkanes of at least 4 members (excludes halogenated alkanes) is 2. The van der Waals surface area contributed by atoms with Crippen molar-refractivity contribution in [1.82, 2.24) is 10.2 Å². The molecule has 0 aliphatic heterocycles. The Kier molecular flexibility index (Phi) is 7.60. The quantitative estimate of drug-likeness (QED) is 0.672. The molecule has 1 N–H and O–H groups in total. The molecule has 0 fully saturated rings. The topological polar surface area (TPSA) is 49.4 Å². The Morgan fingerprint density at radius 2 is 1.88 bits per heavy atom. The molecule has 0 aromatic heterocycles. The summed E-state index contributed by atoms with van der Waals surface area (Å²) in [6, 6.07) is 0.0684. The second-order valence-corrected chi connectivity index (χ2v) is 4.30. The van der Waals surface area contributed by atoms with Gasteiger partial charge in [0.05, 0.1) is 6.54 Å². The van der Waals surface area contributed by atoms with E-state index < -0.39 is 0 Å². The van der Waals surface area contributed by atoms with E-state index in [9.17, 15) is 9.59 Å². The highest BCUT2D eigenvalue weighted by atomic mass is 16.2. The summed E-state index contributed by atoms with van der Waals surface area (Å²) in [4.78, 5) is 24.3. The van der Waals surface area contributed by atoms with Crippen LogP contribution in [-0.2, 0) is 9.59 Å². The molecule has 0 atom stereocenters. The maximum Gasteiger partial charge on any atom is 0.239 e. The van der Waals surface area contributed by atoms with Crippen molar-refractivity contribution in [3.8, 4) is 0 Å². The van der Waals surface area contributed by atoms with E-state index in [4.69, 9.17) is 0 Å². The lowest BCUT2D eigenvalue weighted by Gasteiger charge is -2.24. The number of carbonyl (C=O) groups is 2. The van der Waals surface area contributed by atoms with E-state index in [2.05, 4.69) is 12.2 Å². The van der Waals surface area contributed by atoms with Gasteiger partial charge >= 0.3 is 0 Å². The molecule has 0 saturated carbocycles. The Balaban J connectivity index is 3.87. The summed E-state index contributed by atoms with van der Waals surface area (Å²) in [5, 5.41) is 2.82. The highest BCUT2D eigenvalue weighted by molar-refractivity contribution is 5.83. The van der Waals surface area contributed by atoms with Crippen molar-refractivity contribution < 1.29 is 9.59 Å². The summed E-state index contributed by atoms with van der Waals surface area (Å²) >= 11 is 0. The smallest absolute Gasteiger partial charge is 0.239 e. The van der Waals surface area contributed by atoms with Gasteiger partial charge < -0.3 is 10.2 Å². The average molecular weight is 228 g/mol. The maximum atomic E-state index is 11.5. The molecule has 94 valence electrons. The third-order valence-corrected chi connectivity index (χ3v) is 2.44. The Hall–Kier alpha value is -1.06. The highest BCUT2D eigenvalue weighted by Crippen LogP contribution is 1.98. The van der Waals surface area contributed by atoms with Crippen molar-refractivity contribution in [3.05, 3.63) is 0 Å². The third kappa shape index (κ3) is 6.43. The maximum absolute atomic E-state index is 11.5. The number of hydrogen-bond acceptors (Lipinski definition) is 2. The monoisotopic (exact) mass is 228 g/mol. The normalized spacial score (nSPS) is 10.3. The van der Waals surface area contributed by atoms with Crippen molar-refractivity contribution in [3.63, 3.8) is 0 Å². The molecule has 0 spiro atoms. The van der Waals surface area contributed by atoms with Crippen LogP contribution in [0.15, 0.2) is 0 Å². The van der Waals surface area contributed by atoms with Gasteiger partial charge in [-0.1, -0.05) is 19.8 Å². The molecule has 0 aromatic carbocycles. The first kappa shape index (κ1) is 14.9. The molecule has 0 aromatic rings. The molecule has 0 unspecified atom stereocenters. The van der Waals surface area contributed by atoms with Gasteiger partial charge in [-0.25, -0.2) is 0 Å². The molecule has 2 amide bonds.